The summed E-state index contributed by atoms with van der Waals surface area (Å²) in [6, 6.07) is 8.18. The second kappa shape index (κ2) is 6.88. The van der Waals surface area contributed by atoms with Gasteiger partial charge in [0, 0.05) is 29.7 Å². The van der Waals surface area contributed by atoms with E-state index in [4.69, 9.17) is 0 Å². The molecule has 1 N–H and O–H groups in total. The quantitative estimate of drug-likeness (QED) is 0.793. The standard InChI is InChI=1S/C18H20N6O/c25-18(14-1-5-16(6-2-14)23-10-9-19-12-23)22-15-3-7-17(8-4-15)24-13-20-11-21-24/h1-2,5-6,9-13,15,17H,3-4,7-8H2,(H,22,25). The van der Waals surface area contributed by atoms with E-state index < -0.39 is 0 Å². The van der Waals surface area contributed by atoms with Crippen LogP contribution in [0.1, 0.15) is 42.1 Å². The Labute approximate surface area is 145 Å². The van der Waals surface area contributed by atoms with Crippen molar-refractivity contribution in [2.24, 2.45) is 0 Å². The lowest BCUT2D eigenvalue weighted by molar-refractivity contribution is 0.0921. The molecule has 25 heavy (non-hydrogen) atoms. The number of imidazole rings is 1. The first kappa shape index (κ1) is 15.6. The lowest BCUT2D eigenvalue weighted by Gasteiger charge is -2.29. The molecule has 0 radical (unpaired) electrons. The van der Waals surface area contributed by atoms with Gasteiger partial charge in [0.05, 0.1) is 12.4 Å². The highest BCUT2D eigenvalue weighted by Crippen LogP contribution is 2.27. The second-order valence-corrected chi connectivity index (χ2v) is 6.37. The Morgan fingerprint density at radius 1 is 1.04 bits per heavy atom. The van der Waals surface area contributed by atoms with E-state index in [9.17, 15) is 4.79 Å². The molecule has 0 saturated heterocycles. The molecule has 2 heterocycles. The van der Waals surface area contributed by atoms with E-state index in [1.807, 2.05) is 39.7 Å². The summed E-state index contributed by atoms with van der Waals surface area (Å²) >= 11 is 0. The molecule has 0 bridgehead atoms. The van der Waals surface area contributed by atoms with Crippen molar-refractivity contribution in [1.82, 2.24) is 29.6 Å². The summed E-state index contributed by atoms with van der Waals surface area (Å²) in [4.78, 5) is 20.5. The normalized spacial score (nSPS) is 20.3. The maximum Gasteiger partial charge on any atom is 0.251 e. The molecule has 3 aromatic rings. The molecule has 4 rings (SSSR count). The van der Waals surface area contributed by atoms with Crippen LogP contribution >= 0.6 is 0 Å². The number of rotatable bonds is 4. The lowest BCUT2D eigenvalue weighted by atomic mass is 9.91. The van der Waals surface area contributed by atoms with Crippen LogP contribution in [-0.2, 0) is 0 Å². The van der Waals surface area contributed by atoms with E-state index in [2.05, 4.69) is 20.4 Å². The molecule has 1 aromatic carbocycles. The monoisotopic (exact) mass is 336 g/mol. The molecule has 0 aliphatic heterocycles. The number of aromatic nitrogens is 5. The van der Waals surface area contributed by atoms with Crippen LogP contribution in [0.5, 0.6) is 0 Å². The van der Waals surface area contributed by atoms with Crippen LogP contribution in [0.2, 0.25) is 0 Å². The predicted molar refractivity (Wildman–Crippen MR) is 92.3 cm³/mol. The fourth-order valence-electron chi connectivity index (χ4n) is 3.36. The first-order valence-corrected chi connectivity index (χ1v) is 8.53. The summed E-state index contributed by atoms with van der Waals surface area (Å²) in [7, 11) is 0. The van der Waals surface area contributed by atoms with Gasteiger partial charge in [-0.3, -0.25) is 4.79 Å². The Bertz CT molecular complexity index is 802. The summed E-state index contributed by atoms with van der Waals surface area (Å²) in [5.74, 6) is -0.0126. The molecular weight excluding hydrogens is 316 g/mol. The fourth-order valence-corrected chi connectivity index (χ4v) is 3.36. The highest BCUT2D eigenvalue weighted by molar-refractivity contribution is 5.94. The summed E-state index contributed by atoms with van der Waals surface area (Å²) in [6.45, 7) is 0. The maximum absolute atomic E-state index is 12.5. The lowest BCUT2D eigenvalue weighted by Crippen LogP contribution is -2.38. The van der Waals surface area contributed by atoms with Gasteiger partial charge in [0.2, 0.25) is 0 Å². The highest BCUT2D eigenvalue weighted by atomic mass is 16.1. The topological polar surface area (TPSA) is 77.6 Å². The minimum Gasteiger partial charge on any atom is -0.349 e. The smallest absolute Gasteiger partial charge is 0.251 e. The summed E-state index contributed by atoms with van der Waals surface area (Å²) in [5.41, 5.74) is 1.67. The van der Waals surface area contributed by atoms with Gasteiger partial charge in [0.15, 0.2) is 0 Å². The van der Waals surface area contributed by atoms with Crippen LogP contribution < -0.4 is 5.32 Å². The first-order valence-electron chi connectivity index (χ1n) is 8.53. The Balaban J connectivity index is 1.33. The van der Waals surface area contributed by atoms with Gasteiger partial charge in [-0.1, -0.05) is 0 Å². The Morgan fingerprint density at radius 3 is 2.48 bits per heavy atom. The number of amides is 1. The minimum absolute atomic E-state index is 0.0126. The summed E-state index contributed by atoms with van der Waals surface area (Å²) in [6.07, 6.45) is 12.6. The van der Waals surface area contributed by atoms with Crippen molar-refractivity contribution in [3.05, 3.63) is 61.2 Å². The van der Waals surface area contributed by atoms with Crippen LogP contribution in [0.25, 0.3) is 5.69 Å². The molecule has 2 aromatic heterocycles. The van der Waals surface area contributed by atoms with E-state index in [0.717, 1.165) is 31.4 Å². The van der Waals surface area contributed by atoms with Gasteiger partial charge in [-0.25, -0.2) is 14.6 Å². The zero-order valence-corrected chi connectivity index (χ0v) is 13.8. The molecule has 0 spiro atoms. The third-order valence-electron chi connectivity index (χ3n) is 4.77. The Hall–Kier alpha value is -2.96. The number of benzene rings is 1. The zero-order valence-electron chi connectivity index (χ0n) is 13.8. The number of nitrogens with one attached hydrogen (secondary N) is 1. The van der Waals surface area contributed by atoms with Crippen molar-refractivity contribution >= 4 is 5.91 Å². The first-order chi connectivity index (χ1) is 12.3. The van der Waals surface area contributed by atoms with Crippen molar-refractivity contribution in [2.75, 3.05) is 0 Å². The maximum atomic E-state index is 12.5. The van der Waals surface area contributed by atoms with Gasteiger partial charge in [-0.2, -0.15) is 5.10 Å². The number of hydrogen-bond donors (Lipinski definition) is 1. The number of carbonyl (C=O) groups excluding carboxylic acids is 1. The average Bonchev–Trinajstić information content (AvgIpc) is 3.36. The highest BCUT2D eigenvalue weighted by Gasteiger charge is 2.24. The van der Waals surface area contributed by atoms with Gasteiger partial charge < -0.3 is 9.88 Å². The second-order valence-electron chi connectivity index (χ2n) is 6.37. The largest absolute Gasteiger partial charge is 0.349 e. The van der Waals surface area contributed by atoms with Crippen LogP contribution in [0, 0.1) is 0 Å². The van der Waals surface area contributed by atoms with Gasteiger partial charge in [0.25, 0.3) is 5.91 Å². The number of carbonyl (C=O) groups is 1. The number of nitrogens with zero attached hydrogens (tertiary/aromatic N) is 5. The minimum atomic E-state index is -0.0126. The average molecular weight is 336 g/mol. The molecule has 7 nitrogen and oxygen atoms in total. The SMILES string of the molecule is O=C(NC1CCC(n2cncn2)CC1)c1ccc(-n2ccnc2)cc1. The Morgan fingerprint density at radius 2 is 1.84 bits per heavy atom. The van der Waals surface area contributed by atoms with Gasteiger partial charge in [0.1, 0.15) is 12.7 Å². The summed E-state index contributed by atoms with van der Waals surface area (Å²) < 4.78 is 3.83. The van der Waals surface area contributed by atoms with Crippen LogP contribution in [0.15, 0.2) is 55.6 Å². The van der Waals surface area contributed by atoms with E-state index in [0.29, 0.717) is 11.6 Å². The molecule has 1 aliphatic carbocycles. The molecule has 0 unspecified atom stereocenters. The van der Waals surface area contributed by atoms with Crippen LogP contribution in [0.3, 0.4) is 0 Å². The molecular formula is C18H20N6O. The van der Waals surface area contributed by atoms with Crippen LogP contribution in [-0.4, -0.2) is 36.3 Å². The molecule has 0 atom stereocenters. The van der Waals surface area contributed by atoms with E-state index in [1.165, 1.54) is 0 Å². The van der Waals surface area contributed by atoms with Gasteiger partial charge in [-0.05, 0) is 49.9 Å². The van der Waals surface area contributed by atoms with Crippen molar-refractivity contribution in [3.63, 3.8) is 0 Å². The molecule has 1 amide bonds. The summed E-state index contributed by atoms with van der Waals surface area (Å²) in [5, 5.41) is 7.37. The third kappa shape index (κ3) is 3.45. The third-order valence-corrected chi connectivity index (χ3v) is 4.77. The molecule has 1 aliphatic rings. The fraction of sp³-hybridized carbons (Fsp3) is 0.333. The Kier molecular flexibility index (Phi) is 4.28. The van der Waals surface area contributed by atoms with E-state index in [-0.39, 0.29) is 11.9 Å². The van der Waals surface area contributed by atoms with Crippen molar-refractivity contribution in [1.29, 1.82) is 0 Å². The number of hydrogen-bond acceptors (Lipinski definition) is 4. The van der Waals surface area contributed by atoms with E-state index in [1.54, 1.807) is 25.2 Å². The van der Waals surface area contributed by atoms with Gasteiger partial charge >= 0.3 is 0 Å². The zero-order chi connectivity index (χ0) is 17.1. The predicted octanol–water partition coefficient (Wildman–Crippen LogP) is 2.38. The van der Waals surface area contributed by atoms with Crippen molar-refractivity contribution in [2.45, 2.75) is 37.8 Å². The molecule has 1 fully saturated rings. The molecule has 1 saturated carbocycles. The molecule has 7 heteroatoms. The molecule has 128 valence electrons. The van der Waals surface area contributed by atoms with E-state index >= 15 is 0 Å². The van der Waals surface area contributed by atoms with Gasteiger partial charge in [-0.15, -0.1) is 0 Å². The van der Waals surface area contributed by atoms with Crippen LogP contribution in [0.4, 0.5) is 0 Å². The van der Waals surface area contributed by atoms with Crippen molar-refractivity contribution < 1.29 is 4.79 Å². The van der Waals surface area contributed by atoms with Crippen molar-refractivity contribution in [3.8, 4) is 5.69 Å².